The van der Waals surface area contributed by atoms with Gasteiger partial charge in [-0.05, 0) is 18.8 Å². The topological polar surface area (TPSA) is 29.5 Å². The van der Waals surface area contributed by atoms with Gasteiger partial charge in [0, 0.05) is 13.1 Å². The van der Waals surface area contributed by atoms with Gasteiger partial charge >= 0.3 is 6.09 Å². The van der Waals surface area contributed by atoms with Crippen LogP contribution in [0.15, 0.2) is 0 Å². The van der Waals surface area contributed by atoms with Crippen molar-refractivity contribution in [3.63, 3.8) is 0 Å². The molecule has 15 heavy (non-hydrogen) atoms. The summed E-state index contributed by atoms with van der Waals surface area (Å²) in [4.78, 5) is 12.9. The zero-order chi connectivity index (χ0) is 11.7. The van der Waals surface area contributed by atoms with Crippen molar-refractivity contribution < 1.29 is 9.53 Å². The molecule has 1 aliphatic rings. The minimum atomic E-state index is -0.171. The third-order valence-corrected chi connectivity index (χ3v) is 2.74. The lowest BCUT2D eigenvalue weighted by atomic mass is 9.93. The molecule has 1 rings (SSSR count). The Morgan fingerprint density at radius 3 is 2.27 bits per heavy atom. The number of likely N-dealkylation sites (tertiary alicyclic amines) is 1. The fourth-order valence-electron chi connectivity index (χ4n) is 1.94. The standard InChI is InChI=1S/C10H19NO2.C2H6/c1-3-4-9-5-7-11(8-6-9)10(12)13-2;1-2/h9H,3-8H2,1-2H3;1-2H3. The Balaban J connectivity index is 0.000000921. The van der Waals surface area contributed by atoms with Crippen molar-refractivity contribution in [2.75, 3.05) is 20.2 Å². The summed E-state index contributed by atoms with van der Waals surface area (Å²) >= 11 is 0. The lowest BCUT2D eigenvalue weighted by Gasteiger charge is -2.30. The first-order valence-corrected chi connectivity index (χ1v) is 6.10. The number of rotatable bonds is 2. The van der Waals surface area contributed by atoms with Crippen molar-refractivity contribution in [3.8, 4) is 0 Å². The molecule has 0 aromatic rings. The van der Waals surface area contributed by atoms with Crippen molar-refractivity contribution >= 4 is 6.09 Å². The Bertz CT molecular complexity index is 163. The number of carbonyl (C=O) groups is 1. The van der Waals surface area contributed by atoms with Gasteiger partial charge in [-0.2, -0.15) is 0 Å². The predicted molar refractivity (Wildman–Crippen MR) is 63.0 cm³/mol. The summed E-state index contributed by atoms with van der Waals surface area (Å²) < 4.78 is 4.67. The maximum absolute atomic E-state index is 11.1. The molecule has 1 fully saturated rings. The van der Waals surface area contributed by atoms with Crippen LogP contribution in [0.2, 0.25) is 0 Å². The number of carbonyl (C=O) groups excluding carboxylic acids is 1. The molecule has 1 saturated heterocycles. The summed E-state index contributed by atoms with van der Waals surface area (Å²) in [5, 5.41) is 0. The number of nitrogens with zero attached hydrogens (tertiary/aromatic N) is 1. The van der Waals surface area contributed by atoms with E-state index in [2.05, 4.69) is 11.7 Å². The van der Waals surface area contributed by atoms with Crippen LogP contribution in [0, 0.1) is 5.92 Å². The second kappa shape index (κ2) is 8.57. The van der Waals surface area contributed by atoms with Crippen molar-refractivity contribution in [3.05, 3.63) is 0 Å². The summed E-state index contributed by atoms with van der Waals surface area (Å²) in [5.74, 6) is 0.825. The molecule has 90 valence electrons. The highest BCUT2D eigenvalue weighted by atomic mass is 16.5. The molecule has 1 aliphatic heterocycles. The predicted octanol–water partition coefficient (Wildman–Crippen LogP) is 3.29. The van der Waals surface area contributed by atoms with Crippen molar-refractivity contribution in [2.24, 2.45) is 5.92 Å². The molecule has 0 aromatic carbocycles. The van der Waals surface area contributed by atoms with Crippen LogP contribution in [0.1, 0.15) is 46.5 Å². The van der Waals surface area contributed by atoms with Gasteiger partial charge in [-0.25, -0.2) is 4.79 Å². The highest BCUT2D eigenvalue weighted by Crippen LogP contribution is 2.21. The molecule has 0 unspecified atom stereocenters. The summed E-state index contributed by atoms with van der Waals surface area (Å²) in [6, 6.07) is 0. The molecule has 0 atom stereocenters. The minimum Gasteiger partial charge on any atom is -0.453 e. The Morgan fingerprint density at radius 1 is 1.33 bits per heavy atom. The van der Waals surface area contributed by atoms with E-state index < -0.39 is 0 Å². The molecule has 0 aromatic heterocycles. The van der Waals surface area contributed by atoms with Gasteiger partial charge in [0.1, 0.15) is 0 Å². The Labute approximate surface area is 93.8 Å². The lowest BCUT2D eigenvalue weighted by molar-refractivity contribution is 0.105. The van der Waals surface area contributed by atoms with E-state index in [1.165, 1.54) is 20.0 Å². The first kappa shape index (κ1) is 14.3. The van der Waals surface area contributed by atoms with Crippen LogP contribution in [0.25, 0.3) is 0 Å². The highest BCUT2D eigenvalue weighted by molar-refractivity contribution is 5.67. The second-order valence-corrected chi connectivity index (χ2v) is 3.69. The monoisotopic (exact) mass is 215 g/mol. The van der Waals surface area contributed by atoms with Crippen LogP contribution in [-0.4, -0.2) is 31.2 Å². The van der Waals surface area contributed by atoms with Gasteiger partial charge in [0.25, 0.3) is 0 Å². The molecule has 0 saturated carbocycles. The Kier molecular flexibility index (Phi) is 8.15. The third kappa shape index (κ3) is 5.05. The van der Waals surface area contributed by atoms with E-state index in [4.69, 9.17) is 0 Å². The van der Waals surface area contributed by atoms with Gasteiger partial charge in [0.2, 0.25) is 0 Å². The minimum absolute atomic E-state index is 0.171. The van der Waals surface area contributed by atoms with E-state index in [0.29, 0.717) is 0 Å². The van der Waals surface area contributed by atoms with Gasteiger partial charge in [0.15, 0.2) is 0 Å². The number of ether oxygens (including phenoxy) is 1. The molecule has 0 spiro atoms. The highest BCUT2D eigenvalue weighted by Gasteiger charge is 2.22. The van der Waals surface area contributed by atoms with E-state index in [-0.39, 0.29) is 6.09 Å². The van der Waals surface area contributed by atoms with Crippen LogP contribution < -0.4 is 0 Å². The van der Waals surface area contributed by atoms with Crippen molar-refractivity contribution in [2.45, 2.75) is 46.5 Å². The zero-order valence-corrected chi connectivity index (χ0v) is 10.6. The third-order valence-electron chi connectivity index (χ3n) is 2.74. The van der Waals surface area contributed by atoms with Gasteiger partial charge in [0.05, 0.1) is 7.11 Å². The van der Waals surface area contributed by atoms with E-state index in [9.17, 15) is 4.79 Å². The maximum atomic E-state index is 11.1. The quantitative estimate of drug-likeness (QED) is 0.707. The second-order valence-electron chi connectivity index (χ2n) is 3.69. The van der Waals surface area contributed by atoms with Gasteiger partial charge in [-0.15, -0.1) is 0 Å². The van der Waals surface area contributed by atoms with E-state index in [1.54, 1.807) is 4.90 Å². The SMILES string of the molecule is CC.CCCC1CCN(C(=O)OC)CC1. The number of hydrogen-bond donors (Lipinski definition) is 0. The fourth-order valence-corrected chi connectivity index (χ4v) is 1.94. The molecule has 0 bridgehead atoms. The van der Waals surface area contributed by atoms with Crippen LogP contribution in [0.4, 0.5) is 4.79 Å². The Hall–Kier alpha value is -0.730. The van der Waals surface area contributed by atoms with Gasteiger partial charge in [-0.3, -0.25) is 0 Å². The number of piperidine rings is 1. The Morgan fingerprint density at radius 2 is 1.87 bits per heavy atom. The maximum Gasteiger partial charge on any atom is 0.409 e. The summed E-state index contributed by atoms with van der Waals surface area (Å²) in [6.45, 7) is 7.96. The zero-order valence-electron chi connectivity index (χ0n) is 10.6. The van der Waals surface area contributed by atoms with Crippen LogP contribution in [0.3, 0.4) is 0 Å². The van der Waals surface area contributed by atoms with Crippen molar-refractivity contribution in [1.82, 2.24) is 4.90 Å². The van der Waals surface area contributed by atoms with Gasteiger partial charge in [-0.1, -0.05) is 33.6 Å². The summed E-state index contributed by atoms with van der Waals surface area (Å²) in [5.41, 5.74) is 0. The molecule has 3 nitrogen and oxygen atoms in total. The van der Waals surface area contributed by atoms with Crippen LogP contribution in [-0.2, 0) is 4.74 Å². The number of hydrogen-bond acceptors (Lipinski definition) is 2. The van der Waals surface area contributed by atoms with E-state index >= 15 is 0 Å². The summed E-state index contributed by atoms with van der Waals surface area (Å²) in [6.07, 6.45) is 4.67. The molecule has 1 heterocycles. The lowest BCUT2D eigenvalue weighted by Crippen LogP contribution is -2.38. The number of amides is 1. The van der Waals surface area contributed by atoms with E-state index in [1.807, 2.05) is 13.8 Å². The average Bonchev–Trinajstić information content (AvgIpc) is 2.32. The first-order chi connectivity index (χ1) is 7.27. The van der Waals surface area contributed by atoms with Crippen molar-refractivity contribution in [1.29, 1.82) is 0 Å². The molecule has 0 aliphatic carbocycles. The normalized spacial score (nSPS) is 16.7. The fraction of sp³-hybridized carbons (Fsp3) is 0.917. The smallest absolute Gasteiger partial charge is 0.409 e. The molecule has 1 amide bonds. The summed E-state index contributed by atoms with van der Waals surface area (Å²) in [7, 11) is 1.44. The van der Waals surface area contributed by atoms with Crippen LogP contribution in [0.5, 0.6) is 0 Å². The van der Waals surface area contributed by atoms with Gasteiger partial charge < -0.3 is 9.64 Å². The molecule has 0 radical (unpaired) electrons. The molecular weight excluding hydrogens is 190 g/mol. The molecular formula is C12H25NO2. The molecule has 3 heteroatoms. The van der Waals surface area contributed by atoms with E-state index in [0.717, 1.165) is 31.8 Å². The molecule has 0 N–H and O–H groups in total. The first-order valence-electron chi connectivity index (χ1n) is 6.10. The van der Waals surface area contributed by atoms with Crippen LogP contribution >= 0.6 is 0 Å². The number of methoxy groups -OCH3 is 1. The largest absolute Gasteiger partial charge is 0.453 e. The average molecular weight is 215 g/mol.